The largest absolute Gasteiger partial charge is 0.497 e. The van der Waals surface area contributed by atoms with Crippen molar-refractivity contribution >= 4 is 11.7 Å². The lowest BCUT2D eigenvalue weighted by Crippen LogP contribution is -2.37. The maximum absolute atomic E-state index is 14.7. The molecule has 6 nitrogen and oxygen atoms in total. The standard InChI is InChI=1S/C24H29F2N3O3/c1-15-18(24-19(25)11-17(32-2)12-20(24)26)13-23(31)29(15)22-7-3-6-21(27-22)16-5-4-8-28(14-16)9-10-30/h3,6-7,11-12,15-16,18,30H,4-5,8-10,13-14H2,1-2H3/t15-,16?,18-/m0/s1. The number of nitrogens with zero attached hydrogens (tertiary/aromatic N) is 3. The zero-order chi connectivity index (χ0) is 22.8. The van der Waals surface area contributed by atoms with E-state index in [9.17, 15) is 18.7 Å². The Kier molecular flexibility index (Phi) is 6.71. The first-order chi connectivity index (χ1) is 15.4. The minimum absolute atomic E-state index is 0.0148. The monoisotopic (exact) mass is 445 g/mol. The summed E-state index contributed by atoms with van der Waals surface area (Å²) in [5.41, 5.74) is 0.813. The summed E-state index contributed by atoms with van der Waals surface area (Å²) >= 11 is 0. The van der Waals surface area contributed by atoms with Gasteiger partial charge in [0.15, 0.2) is 0 Å². The molecule has 3 heterocycles. The maximum Gasteiger partial charge on any atom is 0.229 e. The van der Waals surface area contributed by atoms with Crippen molar-refractivity contribution in [3.05, 3.63) is 53.2 Å². The van der Waals surface area contributed by atoms with Gasteiger partial charge in [-0.1, -0.05) is 6.07 Å². The van der Waals surface area contributed by atoms with Crippen LogP contribution >= 0.6 is 0 Å². The number of amides is 1. The number of aliphatic hydroxyl groups is 1. The van der Waals surface area contributed by atoms with Crippen LogP contribution in [0.25, 0.3) is 0 Å². The van der Waals surface area contributed by atoms with E-state index in [2.05, 4.69) is 4.90 Å². The van der Waals surface area contributed by atoms with Crippen LogP contribution < -0.4 is 9.64 Å². The zero-order valence-corrected chi connectivity index (χ0v) is 18.4. The van der Waals surface area contributed by atoms with E-state index in [-0.39, 0.29) is 36.2 Å². The van der Waals surface area contributed by atoms with Gasteiger partial charge in [-0.2, -0.15) is 0 Å². The predicted molar refractivity (Wildman–Crippen MR) is 117 cm³/mol. The molecule has 0 saturated carbocycles. The molecule has 2 aliphatic rings. The molecule has 2 saturated heterocycles. The molecule has 0 aliphatic carbocycles. The lowest BCUT2D eigenvalue weighted by atomic mass is 9.91. The smallest absolute Gasteiger partial charge is 0.229 e. The van der Waals surface area contributed by atoms with Crippen LogP contribution in [-0.4, -0.2) is 60.3 Å². The number of likely N-dealkylation sites (tertiary alicyclic amines) is 1. The van der Waals surface area contributed by atoms with Crippen molar-refractivity contribution < 1.29 is 23.4 Å². The molecule has 1 aromatic heterocycles. The van der Waals surface area contributed by atoms with Crippen molar-refractivity contribution in [2.24, 2.45) is 0 Å². The van der Waals surface area contributed by atoms with E-state index < -0.39 is 23.6 Å². The van der Waals surface area contributed by atoms with Crippen LogP contribution in [0.2, 0.25) is 0 Å². The van der Waals surface area contributed by atoms with E-state index in [1.54, 1.807) is 17.9 Å². The molecule has 8 heteroatoms. The number of carbonyl (C=O) groups is 1. The SMILES string of the molecule is COc1cc(F)c([C@H]2CC(=O)N(c3cccc(C4CCCN(CCO)C4)n3)[C@H]2C)c(F)c1. The highest BCUT2D eigenvalue weighted by molar-refractivity contribution is 5.96. The van der Waals surface area contributed by atoms with Crippen molar-refractivity contribution in [2.75, 3.05) is 38.3 Å². The lowest BCUT2D eigenvalue weighted by Gasteiger charge is -2.32. The second-order valence-corrected chi connectivity index (χ2v) is 8.60. The number of pyridine rings is 1. The van der Waals surface area contributed by atoms with Gasteiger partial charge in [0.05, 0.1) is 13.7 Å². The van der Waals surface area contributed by atoms with Crippen LogP contribution in [0.15, 0.2) is 30.3 Å². The molecule has 0 spiro atoms. The van der Waals surface area contributed by atoms with Gasteiger partial charge < -0.3 is 14.7 Å². The van der Waals surface area contributed by atoms with Crippen molar-refractivity contribution in [3.8, 4) is 5.75 Å². The van der Waals surface area contributed by atoms with Crippen LogP contribution in [0.3, 0.4) is 0 Å². The molecule has 0 radical (unpaired) electrons. The summed E-state index contributed by atoms with van der Waals surface area (Å²) in [7, 11) is 1.35. The van der Waals surface area contributed by atoms with Gasteiger partial charge in [0, 0.05) is 60.8 Å². The number of aliphatic hydroxyl groups excluding tert-OH is 1. The van der Waals surface area contributed by atoms with Gasteiger partial charge in [0.1, 0.15) is 23.2 Å². The Hall–Kier alpha value is -2.58. The number of ether oxygens (including phenoxy) is 1. The van der Waals surface area contributed by atoms with E-state index in [0.29, 0.717) is 12.4 Å². The van der Waals surface area contributed by atoms with E-state index >= 15 is 0 Å². The Bertz CT molecular complexity index is 962. The van der Waals surface area contributed by atoms with Gasteiger partial charge in [-0.25, -0.2) is 13.8 Å². The Morgan fingerprint density at radius 2 is 2.00 bits per heavy atom. The number of halogens is 2. The molecule has 1 aromatic carbocycles. The maximum atomic E-state index is 14.7. The number of β-amino-alcohol motifs (C(OH)–C–C–N with tert-alkyl or cyclic N) is 1. The highest BCUT2D eigenvalue weighted by atomic mass is 19.1. The first kappa shape index (κ1) is 22.6. The third-order valence-electron chi connectivity index (χ3n) is 6.65. The Balaban J connectivity index is 1.59. The van der Waals surface area contributed by atoms with Crippen LogP contribution in [-0.2, 0) is 4.79 Å². The fraction of sp³-hybridized carbons (Fsp3) is 0.500. The Morgan fingerprint density at radius 1 is 1.25 bits per heavy atom. The number of anilines is 1. The first-order valence-electron chi connectivity index (χ1n) is 11.1. The summed E-state index contributed by atoms with van der Waals surface area (Å²) in [6, 6.07) is 7.47. The van der Waals surface area contributed by atoms with Gasteiger partial charge in [-0.15, -0.1) is 0 Å². The third kappa shape index (κ3) is 4.34. The Morgan fingerprint density at radius 3 is 2.69 bits per heavy atom. The minimum Gasteiger partial charge on any atom is -0.497 e. The predicted octanol–water partition coefficient (Wildman–Crippen LogP) is 3.45. The normalized spacial score (nSPS) is 24.2. The number of hydrogen-bond donors (Lipinski definition) is 1. The topological polar surface area (TPSA) is 65.9 Å². The Labute approximate surface area is 186 Å². The van der Waals surface area contributed by atoms with Crippen LogP contribution in [0.1, 0.15) is 49.3 Å². The number of carbonyl (C=O) groups excluding carboxylic acids is 1. The van der Waals surface area contributed by atoms with E-state index in [0.717, 1.165) is 43.8 Å². The molecule has 2 fully saturated rings. The molecule has 32 heavy (non-hydrogen) atoms. The van der Waals surface area contributed by atoms with Gasteiger partial charge in [-0.05, 0) is 38.4 Å². The van der Waals surface area contributed by atoms with Crippen molar-refractivity contribution in [1.29, 1.82) is 0 Å². The summed E-state index contributed by atoms with van der Waals surface area (Å²) in [5.74, 6) is -1.40. The lowest BCUT2D eigenvalue weighted by molar-refractivity contribution is -0.117. The zero-order valence-electron chi connectivity index (χ0n) is 18.4. The average molecular weight is 446 g/mol. The molecule has 1 amide bonds. The van der Waals surface area contributed by atoms with Crippen LogP contribution in [0.5, 0.6) is 5.75 Å². The molecular weight excluding hydrogens is 416 g/mol. The fourth-order valence-corrected chi connectivity index (χ4v) is 5.02. The number of benzene rings is 1. The highest BCUT2D eigenvalue weighted by Crippen LogP contribution is 2.40. The quantitative estimate of drug-likeness (QED) is 0.738. The van der Waals surface area contributed by atoms with Gasteiger partial charge in [-0.3, -0.25) is 9.69 Å². The third-order valence-corrected chi connectivity index (χ3v) is 6.65. The van der Waals surface area contributed by atoms with Crippen molar-refractivity contribution in [3.63, 3.8) is 0 Å². The second kappa shape index (κ2) is 9.50. The number of hydrogen-bond acceptors (Lipinski definition) is 5. The minimum atomic E-state index is -0.707. The van der Waals surface area contributed by atoms with Crippen LogP contribution in [0.4, 0.5) is 14.6 Å². The molecule has 2 aromatic rings. The number of rotatable bonds is 6. The molecule has 1 N–H and O–H groups in total. The molecule has 4 rings (SSSR count). The van der Waals surface area contributed by atoms with Gasteiger partial charge in [0.2, 0.25) is 5.91 Å². The molecule has 3 atom stereocenters. The highest BCUT2D eigenvalue weighted by Gasteiger charge is 2.42. The molecular formula is C24H29F2N3O3. The molecule has 0 bridgehead atoms. The second-order valence-electron chi connectivity index (χ2n) is 8.60. The summed E-state index contributed by atoms with van der Waals surface area (Å²) in [6.07, 6.45) is 2.03. The van der Waals surface area contributed by atoms with E-state index in [1.165, 1.54) is 7.11 Å². The number of aromatic nitrogens is 1. The first-order valence-corrected chi connectivity index (χ1v) is 11.1. The molecule has 1 unspecified atom stereocenters. The molecule has 172 valence electrons. The van der Waals surface area contributed by atoms with E-state index in [4.69, 9.17) is 9.72 Å². The number of piperidine rings is 1. The average Bonchev–Trinajstić information content (AvgIpc) is 3.07. The van der Waals surface area contributed by atoms with Crippen molar-refractivity contribution in [2.45, 2.75) is 44.1 Å². The summed E-state index contributed by atoms with van der Waals surface area (Å²) < 4.78 is 34.3. The van der Waals surface area contributed by atoms with Crippen molar-refractivity contribution in [1.82, 2.24) is 9.88 Å². The van der Waals surface area contributed by atoms with E-state index in [1.807, 2.05) is 12.1 Å². The summed E-state index contributed by atoms with van der Waals surface area (Å²) in [5, 5.41) is 9.25. The van der Waals surface area contributed by atoms with Gasteiger partial charge in [0.25, 0.3) is 0 Å². The van der Waals surface area contributed by atoms with Crippen LogP contribution in [0, 0.1) is 11.6 Å². The summed E-state index contributed by atoms with van der Waals surface area (Å²) in [4.78, 5) is 21.5. The molecule has 2 aliphatic heterocycles. The fourth-order valence-electron chi connectivity index (χ4n) is 5.02. The number of methoxy groups -OCH3 is 1. The summed E-state index contributed by atoms with van der Waals surface area (Å²) in [6.45, 7) is 4.33. The van der Waals surface area contributed by atoms with Gasteiger partial charge >= 0.3 is 0 Å².